The van der Waals surface area contributed by atoms with E-state index in [4.69, 9.17) is 33.2 Å². The summed E-state index contributed by atoms with van der Waals surface area (Å²) >= 11 is 0. The Labute approximate surface area is 316 Å². The van der Waals surface area contributed by atoms with Crippen LogP contribution in [0.15, 0.2) is 35.5 Å². The molecule has 15 heteroatoms. The van der Waals surface area contributed by atoms with E-state index in [-0.39, 0.29) is 51.4 Å². The molecule has 0 aromatic carbocycles. The molecule has 4 N–H and O–H groups in total. The first-order chi connectivity index (χ1) is 25.1. The molecule has 10 atom stereocenters. The van der Waals surface area contributed by atoms with Crippen molar-refractivity contribution in [3.05, 3.63) is 35.5 Å². The Morgan fingerprint density at radius 2 is 1.48 bits per heavy atom. The minimum absolute atomic E-state index is 0.0624. The van der Waals surface area contributed by atoms with E-state index >= 15 is 0 Å². The highest BCUT2D eigenvalue weighted by Gasteiger charge is 2.58. The molecule has 0 aromatic rings. The molecule has 4 aliphatic rings. The molecule has 6 bridgehead atoms. The highest BCUT2D eigenvalue weighted by molar-refractivity contribution is 5.83. The number of rotatable bonds is 4. The van der Waals surface area contributed by atoms with Gasteiger partial charge in [-0.3, -0.25) is 9.59 Å². The summed E-state index contributed by atoms with van der Waals surface area (Å²) in [5.41, 5.74) is -1.15. The summed E-state index contributed by atoms with van der Waals surface area (Å²) in [6.45, 7) is 9.58. The van der Waals surface area contributed by atoms with Crippen LogP contribution in [0.2, 0.25) is 0 Å². The lowest BCUT2D eigenvalue weighted by Gasteiger charge is -2.53. The number of methoxy groups -OCH3 is 2. The molecular weight excluding hydrogens is 708 g/mol. The second-order valence-corrected chi connectivity index (χ2v) is 16.2. The van der Waals surface area contributed by atoms with Crippen LogP contribution in [-0.2, 0) is 52.3 Å². The Kier molecular flexibility index (Phi) is 14.0. The molecule has 4 rings (SSSR count). The molecule has 4 heterocycles. The van der Waals surface area contributed by atoms with Gasteiger partial charge in [0.1, 0.15) is 12.2 Å². The third kappa shape index (κ3) is 10.6. The molecule has 15 nitrogen and oxygen atoms in total. The van der Waals surface area contributed by atoms with Gasteiger partial charge in [-0.1, -0.05) is 51.0 Å². The van der Waals surface area contributed by atoms with Crippen LogP contribution in [0.5, 0.6) is 0 Å². The molecular formula is C39H58O15. The molecule has 304 valence electrons. The van der Waals surface area contributed by atoms with Crippen molar-refractivity contribution in [1.82, 2.24) is 0 Å². The average molecular weight is 767 g/mol. The number of hydrogen-bond donors (Lipinski definition) is 4. The van der Waals surface area contributed by atoms with Crippen LogP contribution in [-0.4, -0.2) is 119 Å². The number of carbonyl (C=O) groups excluding carboxylic acids is 4. The summed E-state index contributed by atoms with van der Waals surface area (Å²) in [5.74, 6) is -6.48. The van der Waals surface area contributed by atoms with Crippen LogP contribution < -0.4 is 0 Å². The Balaban J connectivity index is 1.80. The minimum Gasteiger partial charge on any atom is -0.466 e. The molecule has 0 amide bonds. The number of esters is 4. The first-order valence-electron chi connectivity index (χ1n) is 18.5. The number of hydrogen-bond acceptors (Lipinski definition) is 15. The highest BCUT2D eigenvalue weighted by atomic mass is 16.6. The summed E-state index contributed by atoms with van der Waals surface area (Å²) in [7, 11) is 2.51. The van der Waals surface area contributed by atoms with Crippen molar-refractivity contribution in [2.24, 2.45) is 10.8 Å². The third-order valence-corrected chi connectivity index (χ3v) is 11.1. The van der Waals surface area contributed by atoms with Crippen molar-refractivity contribution in [3.8, 4) is 0 Å². The van der Waals surface area contributed by atoms with Crippen LogP contribution in [0, 0.1) is 10.8 Å². The topological polar surface area (TPSA) is 214 Å². The fourth-order valence-corrected chi connectivity index (χ4v) is 7.73. The molecule has 0 spiro atoms. The molecule has 54 heavy (non-hydrogen) atoms. The first-order valence-corrected chi connectivity index (χ1v) is 18.5. The summed E-state index contributed by atoms with van der Waals surface area (Å²) in [6.07, 6.45) is -1.51. The number of ether oxygens (including phenoxy) is 7. The number of carbonyl (C=O) groups is 4. The van der Waals surface area contributed by atoms with E-state index in [0.717, 1.165) is 0 Å². The SMILES string of the molecule is COC(=O)/C=C1/C[C@H]2C[C@]3(O)O[C@H](C[C@@H](O)CC(=O)O[C@@H]([C@@H](C)O)CC4C/C(=C\C(=O)OC)CC(O)(O4)C(C)(C)/C=C/[C@@H](C1)O2)C[C@H](OC(C)=O)C3(C)C. The number of aliphatic hydroxyl groups is 4. The Hall–Kier alpha value is -3.18. The van der Waals surface area contributed by atoms with Gasteiger partial charge in [0.2, 0.25) is 0 Å². The summed E-state index contributed by atoms with van der Waals surface area (Å²) in [5, 5.41) is 46.3. The zero-order valence-electron chi connectivity index (χ0n) is 32.6. The van der Waals surface area contributed by atoms with E-state index in [1.165, 1.54) is 40.2 Å². The Bertz CT molecular complexity index is 1480. The maximum Gasteiger partial charge on any atom is 0.330 e. The Morgan fingerprint density at radius 1 is 0.870 bits per heavy atom. The van der Waals surface area contributed by atoms with E-state index in [1.807, 2.05) is 0 Å². The van der Waals surface area contributed by atoms with Gasteiger partial charge in [0.05, 0.1) is 62.7 Å². The van der Waals surface area contributed by atoms with Crippen LogP contribution in [0.25, 0.3) is 0 Å². The second-order valence-electron chi connectivity index (χ2n) is 16.2. The van der Waals surface area contributed by atoms with Gasteiger partial charge in [-0.2, -0.15) is 0 Å². The zero-order chi connectivity index (χ0) is 40.2. The number of aliphatic hydroxyl groups excluding tert-OH is 2. The number of cyclic esters (lactones) is 1. The van der Waals surface area contributed by atoms with E-state index < -0.39 is 102 Å². The predicted molar refractivity (Wildman–Crippen MR) is 190 cm³/mol. The lowest BCUT2D eigenvalue weighted by Crippen LogP contribution is -2.62. The second kappa shape index (κ2) is 17.3. The molecule has 3 fully saturated rings. The van der Waals surface area contributed by atoms with Crippen molar-refractivity contribution in [1.29, 1.82) is 0 Å². The molecule has 0 saturated carbocycles. The molecule has 0 aliphatic carbocycles. The van der Waals surface area contributed by atoms with Gasteiger partial charge in [-0.25, -0.2) is 9.59 Å². The monoisotopic (exact) mass is 766 g/mol. The van der Waals surface area contributed by atoms with Gasteiger partial charge in [0.15, 0.2) is 11.6 Å². The van der Waals surface area contributed by atoms with Gasteiger partial charge in [0, 0.05) is 56.6 Å². The van der Waals surface area contributed by atoms with E-state index in [1.54, 1.807) is 39.8 Å². The first kappa shape index (κ1) is 43.5. The molecule has 0 aromatic heterocycles. The van der Waals surface area contributed by atoms with Crippen molar-refractivity contribution >= 4 is 23.9 Å². The van der Waals surface area contributed by atoms with Gasteiger partial charge in [-0.15, -0.1) is 0 Å². The largest absolute Gasteiger partial charge is 0.466 e. The lowest BCUT2D eigenvalue weighted by molar-refractivity contribution is -0.348. The van der Waals surface area contributed by atoms with Gasteiger partial charge in [-0.05, 0) is 26.2 Å². The van der Waals surface area contributed by atoms with E-state index in [2.05, 4.69) is 0 Å². The molecule has 2 unspecified atom stereocenters. The maximum atomic E-state index is 13.2. The lowest BCUT2D eigenvalue weighted by atomic mass is 9.70. The van der Waals surface area contributed by atoms with E-state index in [9.17, 15) is 39.6 Å². The van der Waals surface area contributed by atoms with E-state index in [0.29, 0.717) is 11.1 Å². The van der Waals surface area contributed by atoms with Crippen LogP contribution in [0.4, 0.5) is 0 Å². The predicted octanol–water partition coefficient (Wildman–Crippen LogP) is 2.85. The Morgan fingerprint density at radius 3 is 2.09 bits per heavy atom. The molecule has 0 radical (unpaired) electrons. The van der Waals surface area contributed by atoms with Crippen LogP contribution >= 0.6 is 0 Å². The van der Waals surface area contributed by atoms with Crippen molar-refractivity contribution in [2.45, 2.75) is 160 Å². The number of fused-ring (bicyclic) bond motifs is 6. The van der Waals surface area contributed by atoms with Gasteiger partial charge < -0.3 is 53.6 Å². The van der Waals surface area contributed by atoms with Crippen LogP contribution in [0.1, 0.15) is 99.3 Å². The average Bonchev–Trinajstić information content (AvgIpc) is 3.04. The van der Waals surface area contributed by atoms with Gasteiger partial charge >= 0.3 is 23.9 Å². The minimum atomic E-state index is -1.98. The van der Waals surface area contributed by atoms with Crippen molar-refractivity contribution < 1.29 is 72.8 Å². The normalized spacial score (nSPS) is 38.7. The summed E-state index contributed by atoms with van der Waals surface area (Å²) in [6, 6.07) is 0. The summed E-state index contributed by atoms with van der Waals surface area (Å²) < 4.78 is 40.3. The fraction of sp³-hybridized carbons (Fsp3) is 0.744. The smallest absolute Gasteiger partial charge is 0.330 e. The van der Waals surface area contributed by atoms with Crippen LogP contribution in [0.3, 0.4) is 0 Å². The maximum absolute atomic E-state index is 13.2. The highest BCUT2D eigenvalue weighted by Crippen LogP contribution is 2.50. The van der Waals surface area contributed by atoms with Crippen molar-refractivity contribution in [2.75, 3.05) is 14.2 Å². The third-order valence-electron chi connectivity index (χ3n) is 11.1. The van der Waals surface area contributed by atoms with Crippen molar-refractivity contribution in [3.63, 3.8) is 0 Å². The molecule has 3 saturated heterocycles. The van der Waals surface area contributed by atoms with Gasteiger partial charge in [0.25, 0.3) is 0 Å². The summed E-state index contributed by atoms with van der Waals surface area (Å²) in [4.78, 5) is 50.1. The zero-order valence-corrected chi connectivity index (χ0v) is 32.6. The quantitative estimate of drug-likeness (QED) is 0.140. The standard InChI is InChI=1S/C39H58O15/c1-22(40)31-18-28-13-25(15-34(44)49-8)20-38(46,53-28)36(3,4)10-9-27-11-24(14-33(43)48-7)12-30(51-27)21-39(47)37(5,6)32(50-23(2)41)19-29(54-39)16-26(42)17-35(45)52-31/h9-10,14-15,22,26-32,40,42,46-47H,11-13,16-21H2,1-8H3/b10-9+,24-14+,25-15+/t22-,26-,27+,28?,29-,30+,31-,32+,38?,39+/m1/s1. The molecule has 4 aliphatic heterocycles. The fourth-order valence-electron chi connectivity index (χ4n) is 7.73.